The van der Waals surface area contributed by atoms with Gasteiger partial charge in [-0.05, 0) is 53.1 Å². The van der Waals surface area contributed by atoms with Crippen molar-refractivity contribution in [2.75, 3.05) is 14.2 Å². The van der Waals surface area contributed by atoms with Crippen LogP contribution >= 0.6 is 11.3 Å². The van der Waals surface area contributed by atoms with Crippen LogP contribution in [0.5, 0.6) is 11.5 Å². The first-order valence-electron chi connectivity index (χ1n) is 10.2. The Bertz CT molecular complexity index is 1330. The zero-order valence-corrected chi connectivity index (χ0v) is 18.9. The number of carbonyl (C=O) groups is 2. The number of nitrogens with one attached hydrogen (secondary N) is 1. The maximum absolute atomic E-state index is 12.4. The molecule has 0 saturated heterocycles. The van der Waals surface area contributed by atoms with Crippen LogP contribution in [0.3, 0.4) is 0 Å². The molecular weight excluding hydrogens is 440 g/mol. The van der Waals surface area contributed by atoms with E-state index in [0.29, 0.717) is 16.5 Å². The molecule has 0 atom stereocenters. The minimum absolute atomic E-state index is 0.156. The number of methoxy groups -OCH3 is 2. The van der Waals surface area contributed by atoms with Crippen molar-refractivity contribution < 1.29 is 24.2 Å². The number of fused-ring (bicyclic) bond motifs is 1. The average molecular weight is 463 g/mol. The highest BCUT2D eigenvalue weighted by Crippen LogP contribution is 2.34. The van der Waals surface area contributed by atoms with Crippen LogP contribution in [-0.4, -0.2) is 36.2 Å². The van der Waals surface area contributed by atoms with Gasteiger partial charge in [0.2, 0.25) is 5.91 Å². The van der Waals surface area contributed by atoms with Crippen molar-refractivity contribution in [1.29, 1.82) is 0 Å². The van der Waals surface area contributed by atoms with E-state index in [-0.39, 0.29) is 24.4 Å². The van der Waals surface area contributed by atoms with Crippen molar-refractivity contribution >= 4 is 33.4 Å². The second-order valence-corrected chi connectivity index (χ2v) is 8.43. The number of thiazole rings is 1. The Kier molecular flexibility index (Phi) is 6.55. The summed E-state index contributed by atoms with van der Waals surface area (Å²) in [7, 11) is 3.21. The van der Waals surface area contributed by atoms with Gasteiger partial charge in [0.25, 0.3) is 0 Å². The van der Waals surface area contributed by atoms with Gasteiger partial charge in [0, 0.05) is 6.54 Å². The fraction of sp³-hybridized carbons (Fsp3) is 0.160. The van der Waals surface area contributed by atoms with Gasteiger partial charge in [0.15, 0.2) is 11.5 Å². The van der Waals surface area contributed by atoms with Gasteiger partial charge in [-0.25, -0.2) is 9.78 Å². The van der Waals surface area contributed by atoms with Crippen molar-refractivity contribution in [3.05, 3.63) is 76.8 Å². The Morgan fingerprint density at radius 1 is 0.970 bits per heavy atom. The van der Waals surface area contributed by atoms with Gasteiger partial charge in [0.05, 0.1) is 36.4 Å². The number of hydrogen-bond donors (Lipinski definition) is 2. The SMILES string of the molecule is COc1ccc(-c2ccc3nc(CC(=O)NCc4cccc(C(=O)O)c4)sc3c2)cc1OC. The zero-order valence-electron chi connectivity index (χ0n) is 18.1. The van der Waals surface area contributed by atoms with Crippen LogP contribution in [-0.2, 0) is 17.8 Å². The number of hydrogen-bond acceptors (Lipinski definition) is 6. The molecule has 0 saturated carbocycles. The van der Waals surface area contributed by atoms with E-state index in [4.69, 9.17) is 14.6 Å². The fourth-order valence-electron chi connectivity index (χ4n) is 3.46. The second-order valence-electron chi connectivity index (χ2n) is 7.32. The number of rotatable bonds is 8. The third kappa shape index (κ3) is 5.12. The quantitative estimate of drug-likeness (QED) is 0.399. The van der Waals surface area contributed by atoms with Crippen molar-refractivity contribution in [2.45, 2.75) is 13.0 Å². The predicted molar refractivity (Wildman–Crippen MR) is 127 cm³/mol. The fourth-order valence-corrected chi connectivity index (χ4v) is 4.46. The van der Waals surface area contributed by atoms with Gasteiger partial charge in [-0.1, -0.05) is 24.3 Å². The third-order valence-corrected chi connectivity index (χ3v) is 6.14. The van der Waals surface area contributed by atoms with Crippen LogP contribution in [0.4, 0.5) is 0 Å². The van der Waals surface area contributed by atoms with Crippen molar-refractivity contribution in [3.63, 3.8) is 0 Å². The minimum Gasteiger partial charge on any atom is -0.493 e. The molecule has 1 heterocycles. The summed E-state index contributed by atoms with van der Waals surface area (Å²) in [6.07, 6.45) is 0.156. The molecule has 2 N–H and O–H groups in total. The molecule has 4 rings (SSSR count). The molecule has 1 amide bonds. The molecule has 0 bridgehead atoms. The molecule has 0 fully saturated rings. The number of amides is 1. The molecule has 3 aromatic carbocycles. The van der Waals surface area contributed by atoms with Gasteiger partial charge in [0.1, 0.15) is 5.01 Å². The zero-order chi connectivity index (χ0) is 23.4. The third-order valence-electron chi connectivity index (χ3n) is 5.13. The first-order chi connectivity index (χ1) is 16.0. The van der Waals surface area contributed by atoms with E-state index in [1.807, 2.05) is 36.4 Å². The summed E-state index contributed by atoms with van der Waals surface area (Å²) in [5, 5.41) is 12.6. The molecule has 0 radical (unpaired) electrons. The largest absolute Gasteiger partial charge is 0.493 e. The van der Waals surface area contributed by atoms with Crippen LogP contribution in [0.2, 0.25) is 0 Å². The first-order valence-corrected chi connectivity index (χ1v) is 11.0. The lowest BCUT2D eigenvalue weighted by Crippen LogP contribution is -2.24. The highest BCUT2D eigenvalue weighted by atomic mass is 32.1. The second kappa shape index (κ2) is 9.70. The summed E-state index contributed by atoms with van der Waals surface area (Å²) in [4.78, 5) is 28.1. The van der Waals surface area contributed by atoms with E-state index in [1.165, 1.54) is 17.4 Å². The molecule has 8 heteroatoms. The van der Waals surface area contributed by atoms with E-state index in [2.05, 4.69) is 10.3 Å². The van der Waals surface area contributed by atoms with Gasteiger partial charge in [-0.3, -0.25) is 4.79 Å². The van der Waals surface area contributed by atoms with Crippen LogP contribution in [0.1, 0.15) is 20.9 Å². The van der Waals surface area contributed by atoms with E-state index in [0.717, 1.165) is 26.9 Å². The predicted octanol–water partition coefficient (Wildman–Crippen LogP) is 4.54. The van der Waals surface area contributed by atoms with Gasteiger partial charge in [-0.2, -0.15) is 0 Å². The number of carboxylic acid groups (broad SMARTS) is 1. The molecule has 1 aromatic heterocycles. The smallest absolute Gasteiger partial charge is 0.335 e. The van der Waals surface area contributed by atoms with Crippen LogP contribution in [0.15, 0.2) is 60.7 Å². The molecule has 33 heavy (non-hydrogen) atoms. The van der Waals surface area contributed by atoms with E-state index >= 15 is 0 Å². The van der Waals surface area contributed by atoms with Crippen LogP contribution in [0.25, 0.3) is 21.3 Å². The molecule has 0 spiro atoms. The molecule has 0 unspecified atom stereocenters. The molecular formula is C25H22N2O5S. The number of carboxylic acids is 1. The average Bonchev–Trinajstić information content (AvgIpc) is 3.23. The van der Waals surface area contributed by atoms with Crippen LogP contribution < -0.4 is 14.8 Å². The Morgan fingerprint density at radius 3 is 2.48 bits per heavy atom. The molecule has 0 aliphatic heterocycles. The summed E-state index contributed by atoms with van der Waals surface area (Å²) in [5.41, 5.74) is 3.76. The lowest BCUT2D eigenvalue weighted by molar-refractivity contribution is -0.120. The Hall–Kier alpha value is -3.91. The lowest BCUT2D eigenvalue weighted by atomic mass is 10.0. The standard InChI is InChI=1S/C25H22N2O5S/c1-31-20-9-7-16(11-21(20)32-2)17-6-8-19-22(12-17)33-24(27-19)13-23(28)26-14-15-4-3-5-18(10-15)25(29)30/h3-12H,13-14H2,1-2H3,(H,26,28)(H,29,30). The first kappa shape index (κ1) is 22.3. The van der Waals surface area contributed by atoms with E-state index in [1.54, 1.807) is 32.4 Å². The van der Waals surface area contributed by atoms with Crippen molar-refractivity contribution in [2.24, 2.45) is 0 Å². The van der Waals surface area contributed by atoms with Gasteiger partial charge >= 0.3 is 5.97 Å². The summed E-state index contributed by atoms with van der Waals surface area (Å²) in [6, 6.07) is 18.3. The van der Waals surface area contributed by atoms with Gasteiger partial charge < -0.3 is 19.9 Å². The van der Waals surface area contributed by atoms with E-state index in [9.17, 15) is 9.59 Å². The number of nitrogens with zero attached hydrogens (tertiary/aromatic N) is 1. The highest BCUT2D eigenvalue weighted by Gasteiger charge is 2.12. The highest BCUT2D eigenvalue weighted by molar-refractivity contribution is 7.18. The number of aromatic carboxylic acids is 1. The Balaban J connectivity index is 1.46. The maximum atomic E-state index is 12.4. The van der Waals surface area contributed by atoms with Crippen molar-refractivity contribution in [1.82, 2.24) is 10.3 Å². The number of aromatic nitrogens is 1. The normalized spacial score (nSPS) is 10.7. The number of ether oxygens (including phenoxy) is 2. The molecule has 0 aliphatic carbocycles. The molecule has 168 valence electrons. The Labute approximate surface area is 194 Å². The summed E-state index contributed by atoms with van der Waals surface area (Å²) >= 11 is 1.47. The Morgan fingerprint density at radius 2 is 1.73 bits per heavy atom. The van der Waals surface area contributed by atoms with Gasteiger partial charge in [-0.15, -0.1) is 11.3 Å². The monoisotopic (exact) mass is 462 g/mol. The number of carbonyl (C=O) groups excluding carboxylic acids is 1. The maximum Gasteiger partial charge on any atom is 0.335 e. The lowest BCUT2D eigenvalue weighted by Gasteiger charge is -2.09. The van der Waals surface area contributed by atoms with E-state index < -0.39 is 5.97 Å². The molecule has 0 aliphatic rings. The summed E-state index contributed by atoms with van der Waals surface area (Å²) < 4.78 is 11.7. The minimum atomic E-state index is -0.995. The summed E-state index contributed by atoms with van der Waals surface area (Å²) in [5.74, 6) is 0.161. The topological polar surface area (TPSA) is 97.8 Å². The number of benzene rings is 3. The summed E-state index contributed by atoms with van der Waals surface area (Å²) in [6.45, 7) is 0.258. The van der Waals surface area contributed by atoms with Crippen molar-refractivity contribution in [3.8, 4) is 22.6 Å². The van der Waals surface area contributed by atoms with Crippen LogP contribution in [0, 0.1) is 0 Å². The molecule has 7 nitrogen and oxygen atoms in total. The molecule has 4 aromatic rings.